The first-order valence-corrected chi connectivity index (χ1v) is 35.4. The fourth-order valence-electron chi connectivity index (χ4n) is 9.43. The Morgan fingerprint density at radius 1 is 0.427 bits per heavy atom. The minimum atomic E-state index is -4.36. The number of rotatable bonds is 61. The molecule has 8 nitrogen and oxygen atoms in total. The van der Waals surface area contributed by atoms with Crippen molar-refractivity contribution >= 4 is 13.7 Å². The average molecular weight is 1160 g/mol. The lowest BCUT2D eigenvalue weighted by Gasteiger charge is -2.25. The molecule has 3 unspecified atom stereocenters. The van der Waals surface area contributed by atoms with Crippen molar-refractivity contribution in [3.63, 3.8) is 0 Å². The Morgan fingerprint density at radius 2 is 0.744 bits per heavy atom. The maximum Gasteiger partial charge on any atom is 0.472 e. The van der Waals surface area contributed by atoms with E-state index in [9.17, 15) is 19.4 Å². The Balaban J connectivity index is 4.05. The van der Waals surface area contributed by atoms with Gasteiger partial charge in [0.1, 0.15) is 13.2 Å². The molecular formula is C73H130N2O6P+. The number of hydrogen-bond donors (Lipinski definition) is 3. The van der Waals surface area contributed by atoms with Crippen molar-refractivity contribution in [3.8, 4) is 0 Å². The van der Waals surface area contributed by atoms with Gasteiger partial charge < -0.3 is 19.8 Å². The maximum absolute atomic E-state index is 13.0. The number of nitrogens with zero attached hydrogens (tertiary/aromatic N) is 1. The first-order valence-electron chi connectivity index (χ1n) is 33.9. The zero-order chi connectivity index (χ0) is 59.8. The fourth-order valence-corrected chi connectivity index (χ4v) is 10.2. The third kappa shape index (κ3) is 64.5. The zero-order valence-corrected chi connectivity index (χ0v) is 54.8. The highest BCUT2D eigenvalue weighted by Crippen LogP contribution is 2.43. The van der Waals surface area contributed by atoms with E-state index in [1.54, 1.807) is 6.08 Å². The molecule has 0 aliphatic carbocycles. The molecule has 0 aromatic carbocycles. The molecule has 0 aromatic heterocycles. The van der Waals surface area contributed by atoms with E-state index in [2.05, 4.69) is 129 Å². The number of hydrogen-bond acceptors (Lipinski definition) is 5. The molecular weight excluding hydrogens is 1030 g/mol. The second-order valence-corrected chi connectivity index (χ2v) is 25.3. The number of phosphoric ester groups is 1. The molecule has 0 bridgehead atoms. The number of carbonyl (C=O) groups is 1. The van der Waals surface area contributed by atoms with Crippen LogP contribution < -0.4 is 5.32 Å². The van der Waals surface area contributed by atoms with E-state index in [1.807, 2.05) is 27.2 Å². The highest BCUT2D eigenvalue weighted by Gasteiger charge is 2.28. The van der Waals surface area contributed by atoms with Gasteiger partial charge in [-0.1, -0.05) is 302 Å². The molecule has 0 heterocycles. The number of allylic oxidation sites excluding steroid dienone is 19. The SMILES string of the molecule is CC/C=C\C/C=C\C/C=C\C/C=C\C/C=C\C/C=C\C/C=C\C/C=C\CCCCCCCCCCCCCCCCCCC(=O)NC(COP(=O)(O)OCC[N+](C)(C)C)C(O)/C=C/CC/C=C/CCCCCCCCCCCCCCC. The number of carbonyl (C=O) groups excluding carboxylic acids is 1. The molecule has 0 saturated carbocycles. The molecule has 0 aliphatic rings. The zero-order valence-electron chi connectivity index (χ0n) is 53.9. The molecule has 1 amide bonds. The van der Waals surface area contributed by atoms with Crippen molar-refractivity contribution in [1.82, 2.24) is 5.32 Å². The standard InChI is InChI=1S/C73H129N2O6P/c1-6-8-10-12-14-16-18-20-22-24-26-27-28-29-30-31-32-33-34-35-36-37-38-39-40-41-42-43-44-45-46-47-49-51-53-55-57-59-61-63-65-67-73(77)74-71(70-81-82(78,79)80-69-68-75(3,4)5)72(76)66-64-62-60-58-56-54-52-50-48-25-23-21-19-17-15-13-11-9-7-2/h8,10,14,16,20,22,26-27,29-30,32-33,35-36,38-39,56,58,64,66,71-72,76H,6-7,9,11-13,15,17-19,21,23-25,28,31,34,37,40-55,57,59-63,65,67-70H2,1-5H3,(H-,74,77,78,79)/p+1/b10-8-,16-14-,22-20-,27-26-,30-29-,33-32-,36-35-,39-38-,58-56+,66-64+. The smallest absolute Gasteiger partial charge is 0.387 e. The predicted molar refractivity (Wildman–Crippen MR) is 359 cm³/mol. The molecule has 472 valence electrons. The van der Waals surface area contributed by atoms with Crippen LogP contribution in [-0.2, 0) is 18.4 Å². The molecule has 0 rings (SSSR count). The monoisotopic (exact) mass is 1160 g/mol. The van der Waals surface area contributed by atoms with Gasteiger partial charge in [0, 0.05) is 6.42 Å². The summed E-state index contributed by atoms with van der Waals surface area (Å²) in [7, 11) is 1.55. The number of quaternary nitrogens is 1. The van der Waals surface area contributed by atoms with Crippen molar-refractivity contribution in [2.45, 2.75) is 296 Å². The molecule has 82 heavy (non-hydrogen) atoms. The summed E-state index contributed by atoms with van der Waals surface area (Å²) in [4.78, 5) is 23.4. The Labute approximate surface area is 507 Å². The number of likely N-dealkylation sites (N-methyl/N-ethyl adjacent to an activating group) is 1. The quantitative estimate of drug-likeness (QED) is 0.0243. The summed E-state index contributed by atoms with van der Waals surface area (Å²) in [5, 5.41) is 14.0. The number of aliphatic hydroxyl groups is 1. The summed E-state index contributed by atoms with van der Waals surface area (Å²) in [5.74, 6) is -0.188. The van der Waals surface area contributed by atoms with Crippen LogP contribution in [0.5, 0.6) is 0 Å². The molecule has 0 fully saturated rings. The Hall–Kier alpha value is -3.10. The molecule has 0 aliphatic heterocycles. The molecule has 0 spiro atoms. The van der Waals surface area contributed by atoms with Crippen molar-refractivity contribution in [2.24, 2.45) is 0 Å². The largest absolute Gasteiger partial charge is 0.472 e. The molecule has 3 atom stereocenters. The number of nitrogens with one attached hydrogen (secondary N) is 1. The lowest BCUT2D eigenvalue weighted by atomic mass is 10.0. The summed E-state index contributed by atoms with van der Waals surface area (Å²) in [5.41, 5.74) is 0. The van der Waals surface area contributed by atoms with Crippen LogP contribution in [0.2, 0.25) is 0 Å². The van der Waals surface area contributed by atoms with E-state index < -0.39 is 20.0 Å². The highest BCUT2D eigenvalue weighted by molar-refractivity contribution is 7.47. The summed E-state index contributed by atoms with van der Waals surface area (Å²) in [6, 6.07) is -0.870. The number of amides is 1. The van der Waals surface area contributed by atoms with Gasteiger partial charge >= 0.3 is 7.82 Å². The van der Waals surface area contributed by atoms with Crippen LogP contribution in [0.25, 0.3) is 0 Å². The average Bonchev–Trinajstić information content (AvgIpc) is 3.47. The van der Waals surface area contributed by atoms with Gasteiger partial charge in [-0.05, 0) is 96.3 Å². The minimum Gasteiger partial charge on any atom is -0.387 e. The first kappa shape index (κ1) is 78.9. The predicted octanol–water partition coefficient (Wildman–Crippen LogP) is 21.7. The minimum absolute atomic E-state index is 0.0528. The van der Waals surface area contributed by atoms with Crippen LogP contribution >= 0.6 is 7.82 Å². The normalized spacial score (nSPS) is 14.5. The number of aliphatic hydroxyl groups excluding tert-OH is 1. The van der Waals surface area contributed by atoms with E-state index in [4.69, 9.17) is 9.05 Å². The van der Waals surface area contributed by atoms with Gasteiger partial charge in [-0.3, -0.25) is 13.8 Å². The highest BCUT2D eigenvalue weighted by atomic mass is 31.2. The van der Waals surface area contributed by atoms with Crippen LogP contribution in [0.15, 0.2) is 122 Å². The maximum atomic E-state index is 13.0. The van der Waals surface area contributed by atoms with Gasteiger partial charge in [0.15, 0.2) is 0 Å². The lowest BCUT2D eigenvalue weighted by Crippen LogP contribution is -2.45. The second kappa shape index (κ2) is 62.4. The Kier molecular flexibility index (Phi) is 60.1. The van der Waals surface area contributed by atoms with E-state index in [1.165, 1.54) is 173 Å². The molecule has 0 radical (unpaired) electrons. The summed E-state index contributed by atoms with van der Waals surface area (Å²) in [6.07, 6.45) is 93.4. The van der Waals surface area contributed by atoms with Crippen molar-refractivity contribution in [2.75, 3.05) is 40.9 Å². The van der Waals surface area contributed by atoms with Crippen molar-refractivity contribution < 1.29 is 32.9 Å². The first-order chi connectivity index (χ1) is 40.0. The third-order valence-corrected chi connectivity index (χ3v) is 15.6. The van der Waals surface area contributed by atoms with Gasteiger partial charge in [-0.15, -0.1) is 0 Å². The lowest BCUT2D eigenvalue weighted by molar-refractivity contribution is -0.870. The molecule has 3 N–H and O–H groups in total. The summed E-state index contributed by atoms with van der Waals surface area (Å²) < 4.78 is 23.8. The van der Waals surface area contributed by atoms with Gasteiger partial charge in [0.05, 0.1) is 39.9 Å². The molecule has 9 heteroatoms. The van der Waals surface area contributed by atoms with Crippen LogP contribution in [0, 0.1) is 0 Å². The van der Waals surface area contributed by atoms with Gasteiger partial charge in [0.2, 0.25) is 5.91 Å². The van der Waals surface area contributed by atoms with Gasteiger partial charge in [-0.25, -0.2) is 4.57 Å². The van der Waals surface area contributed by atoms with E-state index in [0.717, 1.165) is 89.9 Å². The summed E-state index contributed by atoms with van der Waals surface area (Å²) >= 11 is 0. The van der Waals surface area contributed by atoms with Crippen LogP contribution in [0.4, 0.5) is 0 Å². The van der Waals surface area contributed by atoms with E-state index in [-0.39, 0.29) is 19.1 Å². The van der Waals surface area contributed by atoms with Crippen LogP contribution in [0.1, 0.15) is 284 Å². The second-order valence-electron chi connectivity index (χ2n) is 23.8. The summed E-state index contributed by atoms with van der Waals surface area (Å²) in [6.45, 7) is 4.69. The van der Waals surface area contributed by atoms with Gasteiger partial charge in [0.25, 0.3) is 0 Å². The number of phosphoric acid groups is 1. The van der Waals surface area contributed by atoms with Crippen molar-refractivity contribution in [1.29, 1.82) is 0 Å². The molecule has 0 saturated heterocycles. The Bertz CT molecular complexity index is 1750. The number of unbranched alkanes of at least 4 members (excludes halogenated alkanes) is 30. The topological polar surface area (TPSA) is 105 Å². The van der Waals surface area contributed by atoms with E-state index >= 15 is 0 Å². The molecule has 0 aromatic rings. The van der Waals surface area contributed by atoms with Gasteiger partial charge in [-0.2, -0.15) is 0 Å². The van der Waals surface area contributed by atoms with E-state index in [0.29, 0.717) is 17.4 Å². The third-order valence-electron chi connectivity index (χ3n) is 14.7. The fraction of sp³-hybridized carbons (Fsp3) is 0.712. The van der Waals surface area contributed by atoms with Crippen molar-refractivity contribution in [3.05, 3.63) is 122 Å². The van der Waals surface area contributed by atoms with Crippen LogP contribution in [-0.4, -0.2) is 73.4 Å². The van der Waals surface area contributed by atoms with Crippen LogP contribution in [0.3, 0.4) is 0 Å². The Morgan fingerprint density at radius 3 is 1.12 bits per heavy atom.